The van der Waals surface area contributed by atoms with E-state index in [1.807, 2.05) is 55.6 Å². The molecule has 2 N–H and O–H groups in total. The van der Waals surface area contributed by atoms with E-state index in [0.717, 1.165) is 48.6 Å². The molecule has 4 rings (SSSR count). The number of hydrogen-bond donors (Lipinski definition) is 2. The largest absolute Gasteiger partial charge is 0.348 e. The van der Waals surface area contributed by atoms with Gasteiger partial charge in [0.2, 0.25) is 5.91 Å². The Morgan fingerprint density at radius 2 is 1.97 bits per heavy atom. The predicted molar refractivity (Wildman–Crippen MR) is 116 cm³/mol. The fraction of sp³-hybridized carbons (Fsp3) is 0.304. The molecule has 0 radical (unpaired) electrons. The Labute approximate surface area is 176 Å². The van der Waals surface area contributed by atoms with Gasteiger partial charge in [0, 0.05) is 29.0 Å². The summed E-state index contributed by atoms with van der Waals surface area (Å²) in [6.07, 6.45) is 5.62. The first kappa shape index (κ1) is 19.7. The number of aromatic amines is 1. The molecule has 1 aliphatic heterocycles. The van der Waals surface area contributed by atoms with Gasteiger partial charge in [-0.3, -0.25) is 9.69 Å². The lowest BCUT2D eigenvalue weighted by molar-refractivity contribution is -0.122. The number of imidazole rings is 1. The van der Waals surface area contributed by atoms with Crippen molar-refractivity contribution in [3.8, 4) is 0 Å². The summed E-state index contributed by atoms with van der Waals surface area (Å²) in [5.41, 5.74) is 2.71. The number of aromatic nitrogens is 2. The summed E-state index contributed by atoms with van der Waals surface area (Å²) in [5, 5.41) is 3.71. The first-order valence-electron chi connectivity index (χ1n) is 9.97. The number of H-pyrrole nitrogens is 1. The number of aryl methyl sites for hydroxylation is 1. The molecule has 1 fully saturated rings. The van der Waals surface area contributed by atoms with Gasteiger partial charge in [-0.1, -0.05) is 48.0 Å². The second-order valence-electron chi connectivity index (χ2n) is 7.55. The molecular formula is C23H25ClN4O. The lowest BCUT2D eigenvalue weighted by atomic mass is 9.93. The highest BCUT2D eigenvalue weighted by atomic mass is 35.5. The Morgan fingerprint density at radius 1 is 1.21 bits per heavy atom. The lowest BCUT2D eigenvalue weighted by Gasteiger charge is -2.36. The molecule has 1 atom stereocenters. The number of halogens is 1. The number of benzene rings is 2. The number of likely N-dealkylation sites (tertiary alicyclic amines) is 1. The number of piperidine rings is 1. The highest BCUT2D eigenvalue weighted by Crippen LogP contribution is 2.32. The summed E-state index contributed by atoms with van der Waals surface area (Å²) in [6, 6.07) is 15.3. The zero-order valence-corrected chi connectivity index (χ0v) is 17.2. The number of amides is 1. The quantitative estimate of drug-likeness (QED) is 0.629. The van der Waals surface area contributed by atoms with Crippen LogP contribution in [-0.4, -0.2) is 33.9 Å². The molecular weight excluding hydrogens is 384 g/mol. The molecule has 3 aromatic rings. The van der Waals surface area contributed by atoms with E-state index in [1.54, 1.807) is 12.3 Å². The Balaban J connectivity index is 1.52. The van der Waals surface area contributed by atoms with Crippen LogP contribution in [0.15, 0.2) is 60.9 Å². The van der Waals surface area contributed by atoms with Crippen molar-refractivity contribution >= 4 is 23.2 Å². The van der Waals surface area contributed by atoms with Crippen molar-refractivity contribution < 1.29 is 4.79 Å². The summed E-state index contributed by atoms with van der Waals surface area (Å²) in [5.74, 6) is 1.42. The number of anilines is 1. The topological polar surface area (TPSA) is 61.0 Å². The van der Waals surface area contributed by atoms with Crippen molar-refractivity contribution in [1.29, 1.82) is 0 Å². The number of rotatable bonds is 5. The molecule has 1 saturated heterocycles. The lowest BCUT2D eigenvalue weighted by Crippen LogP contribution is -2.41. The summed E-state index contributed by atoms with van der Waals surface area (Å²) in [4.78, 5) is 23.2. The molecule has 150 valence electrons. The molecule has 2 aromatic carbocycles. The molecule has 5 nitrogen and oxygen atoms in total. The fourth-order valence-electron chi connectivity index (χ4n) is 3.98. The summed E-state index contributed by atoms with van der Waals surface area (Å²) < 4.78 is 0. The number of hydrogen-bond acceptors (Lipinski definition) is 3. The maximum atomic E-state index is 13.3. The van der Waals surface area contributed by atoms with Gasteiger partial charge >= 0.3 is 0 Å². The van der Waals surface area contributed by atoms with E-state index in [1.165, 1.54) is 0 Å². The molecule has 2 heterocycles. The van der Waals surface area contributed by atoms with E-state index in [4.69, 9.17) is 11.6 Å². The van der Waals surface area contributed by atoms with Gasteiger partial charge in [-0.05, 0) is 56.1 Å². The SMILES string of the molecule is Cc1ccc(NC(=O)[C@@H](c2ccccc2)N2CCC(c3ncc[nH]3)CC2)cc1Cl. The van der Waals surface area contributed by atoms with Crippen molar-refractivity contribution in [2.24, 2.45) is 0 Å². The van der Waals surface area contributed by atoms with Crippen LogP contribution in [0, 0.1) is 6.92 Å². The van der Waals surface area contributed by atoms with Gasteiger partial charge in [0.15, 0.2) is 0 Å². The number of carbonyl (C=O) groups is 1. The van der Waals surface area contributed by atoms with E-state index >= 15 is 0 Å². The van der Waals surface area contributed by atoms with Gasteiger partial charge in [-0.15, -0.1) is 0 Å². The zero-order valence-electron chi connectivity index (χ0n) is 16.4. The Bertz CT molecular complexity index is 950. The molecule has 1 aromatic heterocycles. The van der Waals surface area contributed by atoms with Gasteiger partial charge < -0.3 is 10.3 Å². The van der Waals surface area contributed by atoms with Crippen LogP contribution in [0.4, 0.5) is 5.69 Å². The third-order valence-corrected chi connectivity index (χ3v) is 6.01. The van der Waals surface area contributed by atoms with Crippen LogP contribution in [0.5, 0.6) is 0 Å². The van der Waals surface area contributed by atoms with Crippen molar-refractivity contribution in [1.82, 2.24) is 14.9 Å². The standard InChI is InChI=1S/C23H25ClN4O/c1-16-7-8-19(15-20(16)24)27-23(29)21(17-5-3-2-4-6-17)28-13-9-18(10-14-28)22-25-11-12-26-22/h2-8,11-12,15,18,21H,9-10,13-14H2,1H3,(H,25,26)(H,27,29)/t21-/m1/s1. The van der Waals surface area contributed by atoms with Crippen molar-refractivity contribution in [2.45, 2.75) is 31.7 Å². The molecule has 0 saturated carbocycles. The normalized spacial score (nSPS) is 16.5. The summed E-state index contributed by atoms with van der Waals surface area (Å²) in [7, 11) is 0. The zero-order chi connectivity index (χ0) is 20.2. The van der Waals surface area contributed by atoms with Crippen LogP contribution in [0.1, 0.15) is 41.8 Å². The van der Waals surface area contributed by atoms with Gasteiger partial charge in [-0.25, -0.2) is 4.98 Å². The molecule has 0 aliphatic carbocycles. The Morgan fingerprint density at radius 3 is 2.62 bits per heavy atom. The van der Waals surface area contributed by atoms with Crippen LogP contribution in [0.25, 0.3) is 0 Å². The highest BCUT2D eigenvalue weighted by Gasteiger charge is 2.32. The monoisotopic (exact) mass is 408 g/mol. The van der Waals surface area contributed by atoms with Crippen molar-refractivity contribution in [2.75, 3.05) is 18.4 Å². The molecule has 0 bridgehead atoms. The average molecular weight is 409 g/mol. The second kappa shape index (κ2) is 8.80. The smallest absolute Gasteiger partial charge is 0.246 e. The average Bonchev–Trinajstić information content (AvgIpc) is 3.27. The number of nitrogens with zero attached hydrogens (tertiary/aromatic N) is 2. The minimum absolute atomic E-state index is 0.0347. The van der Waals surface area contributed by atoms with Crippen molar-refractivity contribution in [3.05, 3.63) is 82.9 Å². The molecule has 29 heavy (non-hydrogen) atoms. The third kappa shape index (κ3) is 4.52. The fourth-order valence-corrected chi connectivity index (χ4v) is 4.16. The van der Waals surface area contributed by atoms with Crippen LogP contribution in [-0.2, 0) is 4.79 Å². The van der Waals surface area contributed by atoms with Crippen molar-refractivity contribution in [3.63, 3.8) is 0 Å². The molecule has 6 heteroatoms. The molecule has 0 unspecified atom stereocenters. The Kier molecular flexibility index (Phi) is 5.97. The van der Waals surface area contributed by atoms with E-state index < -0.39 is 0 Å². The second-order valence-corrected chi connectivity index (χ2v) is 7.96. The Hall–Kier alpha value is -2.63. The van der Waals surface area contributed by atoms with Gasteiger partial charge in [0.05, 0.1) is 0 Å². The van der Waals surface area contributed by atoms with Crippen LogP contribution >= 0.6 is 11.6 Å². The van der Waals surface area contributed by atoms with E-state index in [9.17, 15) is 4.79 Å². The van der Waals surface area contributed by atoms with Crippen LogP contribution in [0.2, 0.25) is 5.02 Å². The van der Waals surface area contributed by atoms with Gasteiger partial charge in [0.1, 0.15) is 11.9 Å². The summed E-state index contributed by atoms with van der Waals surface area (Å²) in [6.45, 7) is 3.63. The maximum Gasteiger partial charge on any atom is 0.246 e. The van der Waals surface area contributed by atoms with Crippen LogP contribution in [0.3, 0.4) is 0 Å². The van der Waals surface area contributed by atoms with Gasteiger partial charge in [0.25, 0.3) is 0 Å². The van der Waals surface area contributed by atoms with E-state index in [2.05, 4.69) is 20.2 Å². The maximum absolute atomic E-state index is 13.3. The predicted octanol–water partition coefficient (Wildman–Crippen LogP) is 4.93. The van der Waals surface area contributed by atoms with E-state index in [-0.39, 0.29) is 11.9 Å². The first-order valence-corrected chi connectivity index (χ1v) is 10.3. The van der Waals surface area contributed by atoms with Gasteiger partial charge in [-0.2, -0.15) is 0 Å². The highest BCUT2D eigenvalue weighted by molar-refractivity contribution is 6.31. The summed E-state index contributed by atoms with van der Waals surface area (Å²) >= 11 is 6.24. The number of nitrogens with one attached hydrogen (secondary N) is 2. The van der Waals surface area contributed by atoms with E-state index in [0.29, 0.717) is 10.9 Å². The van der Waals surface area contributed by atoms with Crippen LogP contribution < -0.4 is 5.32 Å². The minimum atomic E-state index is -0.339. The first-order chi connectivity index (χ1) is 14.1. The molecule has 1 aliphatic rings. The molecule has 1 amide bonds. The third-order valence-electron chi connectivity index (χ3n) is 5.60. The molecule has 0 spiro atoms. The minimum Gasteiger partial charge on any atom is -0.348 e. The number of carbonyl (C=O) groups excluding carboxylic acids is 1.